The number of aryl methyl sites for hydroxylation is 1. The van der Waals surface area contributed by atoms with E-state index in [-0.39, 0.29) is 30.9 Å². The minimum atomic E-state index is -0.767. The maximum atomic E-state index is 14.9. The van der Waals surface area contributed by atoms with E-state index in [1.54, 1.807) is 18.1 Å². The number of hydrogen-bond donors (Lipinski definition) is 0. The predicted molar refractivity (Wildman–Crippen MR) is 130 cm³/mol. The summed E-state index contributed by atoms with van der Waals surface area (Å²) in [6.07, 6.45) is 3.35. The monoisotopic (exact) mass is 489 g/mol. The molecule has 0 bridgehead atoms. The molecule has 2 aliphatic rings. The molecule has 1 saturated carbocycles. The van der Waals surface area contributed by atoms with Gasteiger partial charge in [0.15, 0.2) is 6.10 Å². The number of nitrogens with zero attached hydrogens (tertiary/aromatic N) is 3. The molecule has 1 aliphatic carbocycles. The quantitative estimate of drug-likeness (QED) is 0.525. The summed E-state index contributed by atoms with van der Waals surface area (Å²) in [4.78, 5) is 29.5. The number of carbonyl (C=O) groups is 2. The Kier molecular flexibility index (Phi) is 7.66. The maximum absolute atomic E-state index is 14.9. The van der Waals surface area contributed by atoms with E-state index in [0.717, 1.165) is 30.3 Å². The van der Waals surface area contributed by atoms with E-state index in [0.29, 0.717) is 31.6 Å². The van der Waals surface area contributed by atoms with Crippen molar-refractivity contribution in [2.45, 2.75) is 70.9 Å². The van der Waals surface area contributed by atoms with Gasteiger partial charge in [-0.2, -0.15) is 0 Å². The number of amides is 2. The van der Waals surface area contributed by atoms with Crippen molar-refractivity contribution >= 4 is 22.9 Å². The normalized spacial score (nSPS) is 18.7. The molecular formula is C26H36FN3O5. The van der Waals surface area contributed by atoms with Crippen LogP contribution in [0.15, 0.2) is 24.4 Å². The molecule has 9 heteroatoms. The summed E-state index contributed by atoms with van der Waals surface area (Å²) < 4.78 is 33.4. The Morgan fingerprint density at radius 1 is 1.26 bits per heavy atom. The molecule has 1 aromatic carbocycles. The minimum absolute atomic E-state index is 0.0988. The Hall–Kier alpha value is -2.65. The zero-order valence-electron chi connectivity index (χ0n) is 21.1. The number of carbonyl (C=O) groups excluding carboxylic acids is 2. The molecule has 4 rings (SSSR count). The second-order valence-corrected chi connectivity index (χ2v) is 10.3. The lowest BCUT2D eigenvalue weighted by molar-refractivity contribution is -0.150. The van der Waals surface area contributed by atoms with Crippen LogP contribution >= 0.6 is 0 Å². The van der Waals surface area contributed by atoms with Crippen molar-refractivity contribution < 1.29 is 28.2 Å². The van der Waals surface area contributed by atoms with Crippen LogP contribution in [-0.4, -0.2) is 77.5 Å². The highest BCUT2D eigenvalue weighted by atomic mass is 19.1. The van der Waals surface area contributed by atoms with Crippen LogP contribution in [0.2, 0.25) is 0 Å². The number of fused-ring (bicyclic) bond motifs is 1. The van der Waals surface area contributed by atoms with Crippen molar-refractivity contribution in [3.05, 3.63) is 35.8 Å². The van der Waals surface area contributed by atoms with Crippen molar-refractivity contribution in [1.82, 2.24) is 14.4 Å². The lowest BCUT2D eigenvalue weighted by Gasteiger charge is -2.35. The standard InChI is InChI=1S/C26H36FN3O5/c1-26(2,3)35-25(32)29-12-14-34-22(17-29)24(31)30(19-9-10-19)16-18-15-28(11-6-13-33-4)21-8-5-7-20(27)23(18)21/h5,7-8,15,19,22H,6,9-14,16-17H2,1-4H3/t22-/m1/s1. The molecule has 0 spiro atoms. The van der Waals surface area contributed by atoms with Crippen molar-refractivity contribution in [2.24, 2.45) is 0 Å². The van der Waals surface area contributed by atoms with E-state index in [2.05, 4.69) is 0 Å². The Balaban J connectivity index is 1.53. The second-order valence-electron chi connectivity index (χ2n) is 10.3. The van der Waals surface area contributed by atoms with Crippen molar-refractivity contribution in [1.29, 1.82) is 0 Å². The number of halogens is 1. The summed E-state index contributed by atoms with van der Waals surface area (Å²) in [5.41, 5.74) is 0.969. The first-order valence-electron chi connectivity index (χ1n) is 12.3. The molecule has 1 aliphatic heterocycles. The molecule has 1 saturated heterocycles. The molecule has 0 unspecified atom stereocenters. The summed E-state index contributed by atoms with van der Waals surface area (Å²) in [5, 5.41) is 0.545. The highest BCUT2D eigenvalue weighted by Gasteiger charge is 2.40. The smallest absolute Gasteiger partial charge is 0.410 e. The van der Waals surface area contributed by atoms with E-state index in [1.807, 2.05) is 37.6 Å². The molecule has 2 fully saturated rings. The van der Waals surface area contributed by atoms with Gasteiger partial charge in [0.1, 0.15) is 11.4 Å². The molecule has 2 heterocycles. The Morgan fingerprint density at radius 3 is 2.71 bits per heavy atom. The van der Waals surface area contributed by atoms with Crippen LogP contribution in [0, 0.1) is 5.82 Å². The third-order valence-electron chi connectivity index (χ3n) is 6.29. The molecule has 0 N–H and O–H groups in total. The van der Waals surface area contributed by atoms with Gasteiger partial charge in [-0.05, 0) is 57.7 Å². The van der Waals surface area contributed by atoms with Crippen LogP contribution in [0.25, 0.3) is 10.9 Å². The molecule has 1 aromatic heterocycles. The van der Waals surface area contributed by atoms with Crippen LogP contribution in [0.4, 0.5) is 9.18 Å². The third-order valence-corrected chi connectivity index (χ3v) is 6.29. The first-order valence-corrected chi connectivity index (χ1v) is 12.3. The van der Waals surface area contributed by atoms with E-state index in [9.17, 15) is 14.0 Å². The molecule has 0 radical (unpaired) electrons. The molecule has 8 nitrogen and oxygen atoms in total. The lowest BCUT2D eigenvalue weighted by Crippen LogP contribution is -2.53. The van der Waals surface area contributed by atoms with E-state index in [1.165, 1.54) is 11.0 Å². The SMILES string of the molecule is COCCCn1cc(CN(C(=O)[C@H]2CN(C(=O)OC(C)(C)C)CCO2)C2CC2)c2c(F)cccc21. The van der Waals surface area contributed by atoms with E-state index < -0.39 is 17.8 Å². The molecule has 1 atom stereocenters. The highest BCUT2D eigenvalue weighted by molar-refractivity contribution is 5.86. The zero-order chi connectivity index (χ0) is 25.2. The van der Waals surface area contributed by atoms with Crippen molar-refractivity contribution in [3.63, 3.8) is 0 Å². The highest BCUT2D eigenvalue weighted by Crippen LogP contribution is 2.33. The van der Waals surface area contributed by atoms with Gasteiger partial charge in [-0.3, -0.25) is 4.79 Å². The number of rotatable bonds is 8. The first-order chi connectivity index (χ1) is 16.7. The molecule has 2 amide bonds. The fraction of sp³-hybridized carbons (Fsp3) is 0.615. The second kappa shape index (κ2) is 10.5. The molecule has 35 heavy (non-hydrogen) atoms. The Labute approximate surface area is 205 Å². The van der Waals surface area contributed by atoms with Crippen LogP contribution in [0.1, 0.15) is 45.6 Å². The van der Waals surface area contributed by atoms with Gasteiger partial charge in [0.25, 0.3) is 5.91 Å². The fourth-order valence-corrected chi connectivity index (χ4v) is 4.51. The average Bonchev–Trinajstić information content (AvgIpc) is 3.59. The topological polar surface area (TPSA) is 73.2 Å². The van der Waals surface area contributed by atoms with Gasteiger partial charge in [-0.25, -0.2) is 9.18 Å². The Morgan fingerprint density at radius 2 is 2.03 bits per heavy atom. The summed E-state index contributed by atoms with van der Waals surface area (Å²) >= 11 is 0. The number of ether oxygens (including phenoxy) is 3. The summed E-state index contributed by atoms with van der Waals surface area (Å²) in [5.74, 6) is -0.464. The first kappa shape index (κ1) is 25.4. The number of hydrogen-bond acceptors (Lipinski definition) is 5. The van der Waals surface area contributed by atoms with E-state index >= 15 is 0 Å². The summed E-state index contributed by atoms with van der Waals surface area (Å²) in [6, 6.07) is 5.17. The van der Waals surface area contributed by atoms with E-state index in [4.69, 9.17) is 14.2 Å². The summed E-state index contributed by atoms with van der Waals surface area (Å²) in [6.45, 7) is 7.83. The molecule has 2 aromatic rings. The molecular weight excluding hydrogens is 453 g/mol. The van der Waals surface area contributed by atoms with Gasteiger partial charge in [-0.15, -0.1) is 0 Å². The van der Waals surface area contributed by atoms with Gasteiger partial charge >= 0.3 is 6.09 Å². The number of aromatic nitrogens is 1. The van der Waals surface area contributed by atoms with Crippen molar-refractivity contribution in [3.8, 4) is 0 Å². The lowest BCUT2D eigenvalue weighted by atomic mass is 10.1. The largest absolute Gasteiger partial charge is 0.444 e. The van der Waals surface area contributed by atoms with Gasteiger partial charge in [-0.1, -0.05) is 6.07 Å². The van der Waals surface area contributed by atoms with Gasteiger partial charge in [0, 0.05) is 51.0 Å². The van der Waals surface area contributed by atoms with Crippen LogP contribution in [0.3, 0.4) is 0 Å². The molecule has 192 valence electrons. The van der Waals surface area contributed by atoms with Crippen LogP contribution < -0.4 is 0 Å². The summed E-state index contributed by atoms with van der Waals surface area (Å²) in [7, 11) is 1.66. The number of benzene rings is 1. The average molecular weight is 490 g/mol. The fourth-order valence-electron chi connectivity index (χ4n) is 4.51. The maximum Gasteiger partial charge on any atom is 0.410 e. The van der Waals surface area contributed by atoms with Gasteiger partial charge in [0.2, 0.25) is 0 Å². The third kappa shape index (κ3) is 6.13. The van der Waals surface area contributed by atoms with Crippen molar-refractivity contribution in [2.75, 3.05) is 33.4 Å². The number of methoxy groups -OCH3 is 1. The van der Waals surface area contributed by atoms with Gasteiger partial charge < -0.3 is 28.6 Å². The minimum Gasteiger partial charge on any atom is -0.444 e. The van der Waals surface area contributed by atoms with Gasteiger partial charge in [0.05, 0.1) is 18.7 Å². The number of morpholine rings is 1. The predicted octanol–water partition coefficient (Wildman–Crippen LogP) is 3.94. The zero-order valence-corrected chi connectivity index (χ0v) is 21.1. The van der Waals surface area contributed by atoms with Crippen LogP contribution in [0.5, 0.6) is 0 Å². The Bertz CT molecular complexity index is 1060. The van der Waals surface area contributed by atoms with Crippen LogP contribution in [-0.2, 0) is 32.1 Å².